The predicted molar refractivity (Wildman–Crippen MR) is 63.2 cm³/mol. The molecule has 0 saturated carbocycles. The van der Waals surface area contributed by atoms with Crippen molar-refractivity contribution in [1.82, 2.24) is 0 Å². The summed E-state index contributed by atoms with van der Waals surface area (Å²) in [6.07, 6.45) is 2.56. The van der Waals surface area contributed by atoms with Gasteiger partial charge in [0.25, 0.3) is 0 Å². The van der Waals surface area contributed by atoms with E-state index in [9.17, 15) is 9.59 Å². The van der Waals surface area contributed by atoms with Gasteiger partial charge in [-0.3, -0.25) is 9.59 Å². The average Bonchev–Trinajstić information content (AvgIpc) is 2.26. The van der Waals surface area contributed by atoms with Crippen LogP contribution < -0.4 is 4.74 Å². The second-order valence-corrected chi connectivity index (χ2v) is 4.32. The van der Waals surface area contributed by atoms with Crippen molar-refractivity contribution in [1.29, 1.82) is 0 Å². The maximum absolute atomic E-state index is 11.7. The maximum atomic E-state index is 11.7. The van der Waals surface area contributed by atoms with Crippen LogP contribution >= 0.6 is 15.9 Å². The van der Waals surface area contributed by atoms with Gasteiger partial charge in [-0.05, 0) is 46.6 Å². The molecule has 0 unspecified atom stereocenters. The van der Waals surface area contributed by atoms with Gasteiger partial charge in [0.15, 0.2) is 11.6 Å². The molecule has 1 aromatic rings. The van der Waals surface area contributed by atoms with Crippen molar-refractivity contribution in [2.24, 2.45) is 0 Å². The van der Waals surface area contributed by atoms with Crippen molar-refractivity contribution >= 4 is 27.5 Å². The van der Waals surface area contributed by atoms with E-state index in [-0.39, 0.29) is 11.6 Å². The first-order chi connectivity index (χ1) is 7.56. The Morgan fingerprint density at radius 3 is 2.44 bits per heavy atom. The van der Waals surface area contributed by atoms with Crippen LogP contribution in [0.5, 0.6) is 5.75 Å². The number of carbonyl (C=O) groups excluding carboxylic acids is 2. The van der Waals surface area contributed by atoms with Gasteiger partial charge < -0.3 is 4.74 Å². The van der Waals surface area contributed by atoms with Gasteiger partial charge in [-0.15, -0.1) is 0 Å². The zero-order valence-corrected chi connectivity index (χ0v) is 10.4. The lowest BCUT2D eigenvalue weighted by atomic mass is 9.92. The van der Waals surface area contributed by atoms with Crippen molar-refractivity contribution in [3.8, 4) is 5.75 Å². The summed E-state index contributed by atoms with van der Waals surface area (Å²) in [7, 11) is 1.48. The van der Waals surface area contributed by atoms with Gasteiger partial charge in [-0.2, -0.15) is 0 Å². The Morgan fingerprint density at radius 1 is 1.19 bits per heavy atom. The number of hydrogen-bond acceptors (Lipinski definition) is 3. The minimum atomic E-state index is -0.202. The Kier molecular flexibility index (Phi) is 2.68. The molecule has 0 aliphatic heterocycles. The summed E-state index contributed by atoms with van der Waals surface area (Å²) >= 11 is 3.35. The van der Waals surface area contributed by atoms with Gasteiger partial charge in [0.2, 0.25) is 0 Å². The lowest BCUT2D eigenvalue weighted by Gasteiger charge is -2.16. The monoisotopic (exact) mass is 280 g/mol. The smallest absolute Gasteiger partial charge is 0.190 e. The minimum Gasteiger partial charge on any atom is -0.495 e. The minimum absolute atomic E-state index is 0.163. The highest BCUT2D eigenvalue weighted by Gasteiger charge is 2.25. The van der Waals surface area contributed by atoms with Crippen LogP contribution in [0.1, 0.15) is 26.3 Å². The third-order valence-corrected chi connectivity index (χ3v) is 3.49. The third kappa shape index (κ3) is 1.50. The van der Waals surface area contributed by atoms with Gasteiger partial charge in [-0.1, -0.05) is 0 Å². The summed E-state index contributed by atoms with van der Waals surface area (Å²) in [6, 6.07) is 1.70. The van der Waals surface area contributed by atoms with Gasteiger partial charge in [0.1, 0.15) is 5.75 Å². The molecule has 0 saturated heterocycles. The normalized spacial score (nSPS) is 13.9. The Bertz CT molecular complexity index is 530. The van der Waals surface area contributed by atoms with E-state index in [0.717, 1.165) is 5.56 Å². The number of allylic oxidation sites excluding steroid dienone is 2. The van der Waals surface area contributed by atoms with Gasteiger partial charge in [0.05, 0.1) is 17.1 Å². The standard InChI is InChI=1S/C12H9BrO3/c1-6-5-7-8(14)3-4-9(15)10(7)12(16-2)11(6)13/h3-5H,1-2H3. The van der Waals surface area contributed by atoms with E-state index in [1.165, 1.54) is 19.3 Å². The Hall–Kier alpha value is -1.42. The second kappa shape index (κ2) is 3.87. The lowest BCUT2D eigenvalue weighted by Crippen LogP contribution is -2.14. The lowest BCUT2D eigenvalue weighted by molar-refractivity contribution is 0.0991. The van der Waals surface area contributed by atoms with Crippen molar-refractivity contribution in [3.63, 3.8) is 0 Å². The van der Waals surface area contributed by atoms with Crippen LogP contribution in [-0.2, 0) is 0 Å². The first kappa shape index (κ1) is 11.1. The maximum Gasteiger partial charge on any atom is 0.190 e. The number of hydrogen-bond donors (Lipinski definition) is 0. The molecule has 0 amide bonds. The quantitative estimate of drug-likeness (QED) is 0.795. The first-order valence-corrected chi connectivity index (χ1v) is 5.49. The Morgan fingerprint density at radius 2 is 1.81 bits per heavy atom. The Balaban J connectivity index is 2.83. The molecule has 4 heteroatoms. The molecule has 3 nitrogen and oxygen atoms in total. The van der Waals surface area contributed by atoms with E-state index in [4.69, 9.17) is 4.74 Å². The molecule has 1 aliphatic rings. The molecule has 0 spiro atoms. The number of carbonyl (C=O) groups is 2. The van der Waals surface area contributed by atoms with E-state index >= 15 is 0 Å². The van der Waals surface area contributed by atoms with Crippen molar-refractivity contribution in [3.05, 3.63) is 39.4 Å². The van der Waals surface area contributed by atoms with Crippen LogP contribution in [0.4, 0.5) is 0 Å². The molecule has 0 N–H and O–H groups in total. The number of rotatable bonds is 1. The van der Waals surface area contributed by atoms with Crippen molar-refractivity contribution < 1.29 is 14.3 Å². The molecular formula is C12H9BrO3. The number of methoxy groups -OCH3 is 1. The van der Waals surface area contributed by atoms with E-state index in [1.807, 2.05) is 6.92 Å². The zero-order valence-electron chi connectivity index (χ0n) is 8.83. The molecule has 0 atom stereocenters. The van der Waals surface area contributed by atoms with Gasteiger partial charge >= 0.3 is 0 Å². The fourth-order valence-corrected chi connectivity index (χ4v) is 2.19. The summed E-state index contributed by atoms with van der Waals surface area (Å²) in [5.74, 6) is 0.0633. The van der Waals surface area contributed by atoms with Gasteiger partial charge in [0, 0.05) is 5.56 Å². The van der Waals surface area contributed by atoms with Crippen LogP contribution in [0.3, 0.4) is 0 Å². The molecule has 2 rings (SSSR count). The van der Waals surface area contributed by atoms with Crippen LogP contribution in [0.2, 0.25) is 0 Å². The number of ketones is 2. The summed E-state index contributed by atoms with van der Waals surface area (Å²) in [6.45, 7) is 1.85. The number of halogens is 1. The number of benzene rings is 1. The first-order valence-electron chi connectivity index (χ1n) is 4.70. The third-order valence-electron chi connectivity index (χ3n) is 2.50. The summed E-state index contributed by atoms with van der Waals surface area (Å²) in [5, 5.41) is 0. The number of aryl methyl sites for hydroxylation is 1. The van der Waals surface area contributed by atoms with Crippen molar-refractivity contribution in [2.45, 2.75) is 6.92 Å². The average molecular weight is 281 g/mol. The summed E-state index contributed by atoms with van der Waals surface area (Å²) in [4.78, 5) is 23.4. The molecule has 0 heterocycles. The fraction of sp³-hybridized carbons (Fsp3) is 0.167. The van der Waals surface area contributed by atoms with E-state index in [2.05, 4.69) is 15.9 Å². The van der Waals surface area contributed by atoms with Gasteiger partial charge in [-0.25, -0.2) is 0 Å². The molecule has 1 aliphatic carbocycles. The predicted octanol–water partition coefficient (Wildman–Crippen LogP) is 2.70. The molecular weight excluding hydrogens is 272 g/mol. The van der Waals surface area contributed by atoms with Crippen molar-refractivity contribution in [2.75, 3.05) is 7.11 Å². The molecule has 0 radical (unpaired) electrons. The second-order valence-electron chi connectivity index (χ2n) is 3.53. The molecule has 1 aromatic carbocycles. The van der Waals surface area contributed by atoms with Crippen LogP contribution in [0.15, 0.2) is 22.7 Å². The van der Waals surface area contributed by atoms with E-state index in [0.29, 0.717) is 21.3 Å². The highest BCUT2D eigenvalue weighted by molar-refractivity contribution is 9.10. The highest BCUT2D eigenvalue weighted by atomic mass is 79.9. The molecule has 0 bridgehead atoms. The van der Waals surface area contributed by atoms with Crippen LogP contribution in [-0.4, -0.2) is 18.7 Å². The number of fused-ring (bicyclic) bond motifs is 1. The molecule has 0 fully saturated rings. The zero-order chi connectivity index (χ0) is 11.9. The summed E-state index contributed by atoms with van der Waals surface area (Å²) in [5.41, 5.74) is 1.62. The van der Waals surface area contributed by atoms with E-state index in [1.54, 1.807) is 6.07 Å². The van der Waals surface area contributed by atoms with Crippen LogP contribution in [0, 0.1) is 6.92 Å². The fourth-order valence-electron chi connectivity index (χ4n) is 1.72. The van der Waals surface area contributed by atoms with Crippen LogP contribution in [0.25, 0.3) is 0 Å². The molecule has 0 aromatic heterocycles. The highest BCUT2D eigenvalue weighted by Crippen LogP contribution is 2.36. The summed E-state index contributed by atoms with van der Waals surface area (Å²) < 4.78 is 5.90. The number of ether oxygens (including phenoxy) is 1. The Labute approximate surface area is 101 Å². The molecule has 82 valence electrons. The SMILES string of the molecule is COc1c(Br)c(C)cc2c1C(=O)C=CC2=O. The topological polar surface area (TPSA) is 43.4 Å². The largest absolute Gasteiger partial charge is 0.495 e. The molecule has 16 heavy (non-hydrogen) atoms. The van der Waals surface area contributed by atoms with E-state index < -0.39 is 0 Å².